The summed E-state index contributed by atoms with van der Waals surface area (Å²) in [6.07, 6.45) is -3.91. The highest BCUT2D eigenvalue weighted by Crippen LogP contribution is 2.36. The van der Waals surface area contributed by atoms with E-state index in [0.29, 0.717) is 28.7 Å². The van der Waals surface area contributed by atoms with Crippen LogP contribution in [-0.4, -0.2) is 53.3 Å². The number of pyridine rings is 1. The number of sulfonamides is 1. The van der Waals surface area contributed by atoms with E-state index in [1.165, 1.54) is 0 Å². The summed E-state index contributed by atoms with van der Waals surface area (Å²) in [6, 6.07) is 10.3. The first-order chi connectivity index (χ1) is 23.9. The van der Waals surface area contributed by atoms with Gasteiger partial charge >= 0.3 is 12.1 Å². The van der Waals surface area contributed by atoms with Gasteiger partial charge in [0.2, 0.25) is 21.7 Å². The number of carbonyl (C=O) groups is 2. The Morgan fingerprint density at radius 3 is 2.18 bits per heavy atom. The minimum atomic E-state index is -6.05. The molecule has 268 valence electrons. The van der Waals surface area contributed by atoms with Gasteiger partial charge in [-0.25, -0.2) is 40.1 Å². The van der Waals surface area contributed by atoms with Crippen LogP contribution in [0.2, 0.25) is 0 Å². The molecule has 0 radical (unpaired) electrons. The van der Waals surface area contributed by atoms with Crippen molar-refractivity contribution in [1.82, 2.24) is 14.3 Å². The van der Waals surface area contributed by atoms with Gasteiger partial charge in [0.1, 0.15) is 10.8 Å². The third kappa shape index (κ3) is 7.33. The molecule has 0 spiro atoms. The lowest BCUT2D eigenvalue weighted by Crippen LogP contribution is -2.43. The van der Waals surface area contributed by atoms with Crippen LogP contribution in [0.25, 0.3) is 10.2 Å². The molecule has 5 aromatic rings. The average molecular weight is 761 g/mol. The summed E-state index contributed by atoms with van der Waals surface area (Å²) in [6.45, 7) is -3.57. The van der Waals surface area contributed by atoms with E-state index >= 15 is 0 Å². The minimum absolute atomic E-state index is 0.203. The molecule has 51 heavy (non-hydrogen) atoms. The predicted octanol–water partition coefficient (Wildman–Crippen LogP) is 6.54. The van der Waals surface area contributed by atoms with Gasteiger partial charge in [-0.3, -0.25) is 9.78 Å². The molecule has 2 heterocycles. The number of thiazole rings is 1. The molecule has 0 atom stereocenters. The second-order valence-corrected chi connectivity index (χ2v) is 13.4. The number of amides is 1. The zero-order chi connectivity index (χ0) is 37.4. The third-order valence-corrected chi connectivity index (χ3v) is 10.1. The maximum atomic E-state index is 14.9. The van der Waals surface area contributed by atoms with Crippen LogP contribution >= 0.6 is 11.3 Å². The Morgan fingerprint density at radius 2 is 1.57 bits per heavy atom. The van der Waals surface area contributed by atoms with Crippen molar-refractivity contribution in [2.75, 3.05) is 18.6 Å². The molecular weight excluding hydrogens is 740 g/mol. The SMILES string of the molecule is COc1cc(C(=O)O)ccc1N(Cc1nc2ccccc2s1)C(=O)CN(Cc1cnccc1C(F)(F)F)S(=O)(=O)c1c(F)c(F)c(F)c(F)c1F. The van der Waals surface area contributed by atoms with Crippen molar-refractivity contribution in [1.29, 1.82) is 0 Å². The number of anilines is 1. The summed E-state index contributed by atoms with van der Waals surface area (Å²) in [5.74, 6) is -16.7. The largest absolute Gasteiger partial charge is 0.495 e. The van der Waals surface area contributed by atoms with E-state index in [1.807, 2.05) is 0 Å². The van der Waals surface area contributed by atoms with Crippen LogP contribution in [-0.2, 0) is 34.1 Å². The predicted molar refractivity (Wildman–Crippen MR) is 164 cm³/mol. The number of aromatic carboxylic acids is 1. The number of aromatic nitrogens is 2. The molecule has 0 saturated heterocycles. The van der Waals surface area contributed by atoms with Gasteiger partial charge in [-0.2, -0.15) is 17.5 Å². The van der Waals surface area contributed by atoms with E-state index in [1.54, 1.807) is 24.3 Å². The molecule has 0 aliphatic heterocycles. The summed E-state index contributed by atoms with van der Waals surface area (Å²) in [5, 5.41) is 9.66. The van der Waals surface area contributed by atoms with Crippen LogP contribution in [0.1, 0.15) is 26.5 Å². The number of hydrogen-bond acceptors (Lipinski definition) is 8. The Bertz CT molecular complexity index is 2220. The molecule has 0 bridgehead atoms. The van der Waals surface area contributed by atoms with Gasteiger partial charge in [-0.05, 0) is 42.0 Å². The van der Waals surface area contributed by atoms with Gasteiger partial charge in [0.15, 0.2) is 28.2 Å². The lowest BCUT2D eigenvalue weighted by molar-refractivity contribution is -0.138. The van der Waals surface area contributed by atoms with Crippen LogP contribution in [0, 0.1) is 29.1 Å². The van der Waals surface area contributed by atoms with Gasteiger partial charge < -0.3 is 14.7 Å². The van der Waals surface area contributed by atoms with Gasteiger partial charge in [0, 0.05) is 18.9 Å². The molecule has 0 aliphatic rings. The lowest BCUT2D eigenvalue weighted by atomic mass is 10.1. The zero-order valence-electron chi connectivity index (χ0n) is 25.5. The highest BCUT2D eigenvalue weighted by Gasteiger charge is 2.41. The molecule has 0 aliphatic carbocycles. The monoisotopic (exact) mass is 760 g/mol. The third-order valence-electron chi connectivity index (χ3n) is 7.28. The Kier molecular flexibility index (Phi) is 10.3. The summed E-state index contributed by atoms with van der Waals surface area (Å²) >= 11 is 1.07. The highest BCUT2D eigenvalue weighted by molar-refractivity contribution is 7.89. The number of carboxylic acids is 1. The lowest BCUT2D eigenvalue weighted by Gasteiger charge is -2.28. The summed E-state index contributed by atoms with van der Waals surface area (Å²) in [4.78, 5) is 32.1. The van der Waals surface area contributed by atoms with Gasteiger partial charge in [-0.1, -0.05) is 12.1 Å². The molecular formula is C31H20F8N4O6S2. The van der Waals surface area contributed by atoms with E-state index in [0.717, 1.165) is 41.5 Å². The molecule has 1 amide bonds. The number of benzene rings is 3. The second kappa shape index (κ2) is 14.2. The summed E-state index contributed by atoms with van der Waals surface area (Å²) in [5.41, 5.74) is -2.48. The minimum Gasteiger partial charge on any atom is -0.495 e. The van der Waals surface area contributed by atoms with E-state index in [2.05, 4.69) is 9.97 Å². The van der Waals surface area contributed by atoms with E-state index in [4.69, 9.17) is 4.74 Å². The van der Waals surface area contributed by atoms with E-state index < -0.39 is 92.8 Å². The number of alkyl halides is 3. The number of rotatable bonds is 11. The van der Waals surface area contributed by atoms with Gasteiger partial charge in [0.25, 0.3) is 0 Å². The molecule has 3 aromatic carbocycles. The fraction of sp³-hybridized carbons (Fsp3) is 0.161. The standard InChI is InChI=1S/C31H20F8N4O6S2/c1-49-20-10-15(30(45)46)6-7-19(20)43(13-22-41-18-4-2-3-5-21(18)50-22)23(44)14-42(12-16-11-40-9-8-17(16)31(37,38)39)51(47,48)29-27(35)25(33)24(32)26(34)28(29)36/h2-11H,12-14H2,1H3,(H,45,46). The summed E-state index contributed by atoms with van der Waals surface area (Å²) in [7, 11) is -4.95. The van der Waals surface area contributed by atoms with Crippen LogP contribution < -0.4 is 9.64 Å². The topological polar surface area (TPSA) is 130 Å². The maximum absolute atomic E-state index is 14.9. The maximum Gasteiger partial charge on any atom is 0.416 e. The number of halogens is 8. The molecule has 1 N–H and O–H groups in total. The fourth-order valence-corrected chi connectivity index (χ4v) is 7.32. The van der Waals surface area contributed by atoms with Crippen LogP contribution in [0.4, 0.5) is 40.8 Å². The molecule has 20 heteroatoms. The van der Waals surface area contributed by atoms with Crippen molar-refractivity contribution in [3.05, 3.63) is 112 Å². The number of methoxy groups -OCH3 is 1. The van der Waals surface area contributed by atoms with Gasteiger partial charge in [0.05, 0.1) is 47.2 Å². The highest BCUT2D eigenvalue weighted by atomic mass is 32.2. The van der Waals surface area contributed by atoms with Gasteiger partial charge in [-0.15, -0.1) is 11.3 Å². The van der Waals surface area contributed by atoms with Crippen molar-refractivity contribution in [3.8, 4) is 5.75 Å². The van der Waals surface area contributed by atoms with Crippen molar-refractivity contribution in [2.24, 2.45) is 0 Å². The molecule has 5 rings (SSSR count). The second-order valence-electron chi connectivity index (χ2n) is 10.4. The molecule has 0 unspecified atom stereocenters. The Hall–Kier alpha value is -5.21. The first-order valence-electron chi connectivity index (χ1n) is 14.0. The number of nitrogens with zero attached hydrogens (tertiary/aromatic N) is 4. The first-order valence-corrected chi connectivity index (χ1v) is 16.3. The van der Waals surface area contributed by atoms with Crippen molar-refractivity contribution in [2.45, 2.75) is 24.2 Å². The molecule has 2 aromatic heterocycles. The molecule has 10 nitrogen and oxygen atoms in total. The van der Waals surface area contributed by atoms with Crippen molar-refractivity contribution >= 4 is 49.1 Å². The molecule has 0 saturated carbocycles. The van der Waals surface area contributed by atoms with E-state index in [9.17, 15) is 58.2 Å². The molecule has 0 fully saturated rings. The fourth-order valence-electron chi connectivity index (χ4n) is 4.89. The smallest absolute Gasteiger partial charge is 0.416 e. The van der Waals surface area contributed by atoms with Crippen molar-refractivity contribution in [3.63, 3.8) is 0 Å². The Labute approximate surface area is 286 Å². The number of carboxylic acid groups (broad SMARTS) is 1. The number of carbonyl (C=O) groups excluding carboxylic acids is 1. The van der Waals surface area contributed by atoms with Crippen LogP contribution in [0.5, 0.6) is 5.75 Å². The summed E-state index contributed by atoms with van der Waals surface area (Å²) < 4.78 is 147. The Balaban J connectivity index is 1.68. The Morgan fingerprint density at radius 1 is 0.922 bits per heavy atom. The average Bonchev–Trinajstić information content (AvgIpc) is 3.50. The van der Waals surface area contributed by atoms with Crippen LogP contribution in [0.3, 0.4) is 0 Å². The number of para-hydroxylation sites is 1. The quantitative estimate of drug-likeness (QED) is 0.0914. The number of fused-ring (bicyclic) bond motifs is 1. The zero-order valence-corrected chi connectivity index (χ0v) is 27.1. The van der Waals surface area contributed by atoms with Crippen LogP contribution in [0.15, 0.2) is 65.8 Å². The number of hydrogen-bond donors (Lipinski definition) is 1. The normalized spacial score (nSPS) is 12.0. The van der Waals surface area contributed by atoms with E-state index in [-0.39, 0.29) is 26.3 Å². The first kappa shape index (κ1) is 37.1. The number of ether oxygens (including phenoxy) is 1. The van der Waals surface area contributed by atoms with Crippen molar-refractivity contribution < 1.29 is 63.0 Å².